The minimum Gasteiger partial charge on any atom is -0.332 e. The highest BCUT2D eigenvalue weighted by Gasteiger charge is 2.13. The minimum absolute atomic E-state index is 0.102. The first-order valence-corrected chi connectivity index (χ1v) is 5.54. The van der Waals surface area contributed by atoms with Crippen molar-refractivity contribution in [3.63, 3.8) is 0 Å². The van der Waals surface area contributed by atoms with Crippen LogP contribution in [0, 0.1) is 12.7 Å². The Kier molecular flexibility index (Phi) is 2.34. The van der Waals surface area contributed by atoms with Crippen LogP contribution in [-0.2, 0) is 0 Å². The lowest BCUT2D eigenvalue weighted by atomic mass is 10.1. The Morgan fingerprint density at radius 1 is 1.16 bits per heavy atom. The van der Waals surface area contributed by atoms with Gasteiger partial charge >= 0.3 is 5.69 Å². The molecule has 7 heteroatoms. The molecule has 3 aromatic rings. The van der Waals surface area contributed by atoms with Crippen LogP contribution in [0.2, 0.25) is 0 Å². The van der Waals surface area contributed by atoms with Crippen LogP contribution in [0.15, 0.2) is 27.8 Å². The van der Waals surface area contributed by atoms with Gasteiger partial charge in [-0.25, -0.2) is 14.2 Å². The van der Waals surface area contributed by atoms with Gasteiger partial charge in [0.05, 0.1) is 5.56 Å². The molecule has 3 N–H and O–H groups in total. The number of nitrogens with zero attached hydrogens (tertiary/aromatic N) is 1. The summed E-state index contributed by atoms with van der Waals surface area (Å²) in [5, 5.41) is 0. The zero-order valence-corrected chi connectivity index (χ0v) is 9.87. The van der Waals surface area contributed by atoms with Crippen molar-refractivity contribution < 1.29 is 4.39 Å². The smallest absolute Gasteiger partial charge is 0.327 e. The largest absolute Gasteiger partial charge is 0.332 e. The van der Waals surface area contributed by atoms with Gasteiger partial charge in [0.1, 0.15) is 17.2 Å². The summed E-state index contributed by atoms with van der Waals surface area (Å²) in [5.41, 5.74) is -0.317. The highest BCUT2D eigenvalue weighted by atomic mass is 19.1. The molecule has 0 spiro atoms. The van der Waals surface area contributed by atoms with E-state index in [1.54, 1.807) is 25.1 Å². The second kappa shape index (κ2) is 3.91. The van der Waals surface area contributed by atoms with Crippen molar-refractivity contribution in [3.8, 4) is 11.4 Å². The van der Waals surface area contributed by atoms with Gasteiger partial charge in [0.2, 0.25) is 0 Å². The molecule has 1 aromatic carbocycles. The Balaban J connectivity index is 2.33. The van der Waals surface area contributed by atoms with Crippen molar-refractivity contribution in [1.29, 1.82) is 0 Å². The van der Waals surface area contributed by atoms with Gasteiger partial charge in [-0.15, -0.1) is 0 Å². The van der Waals surface area contributed by atoms with Gasteiger partial charge in [-0.05, 0) is 18.6 Å². The van der Waals surface area contributed by atoms with E-state index in [0.29, 0.717) is 5.56 Å². The van der Waals surface area contributed by atoms with Gasteiger partial charge in [0, 0.05) is 0 Å². The third-order valence-electron chi connectivity index (χ3n) is 2.84. The number of hydrogen-bond donors (Lipinski definition) is 3. The first kappa shape index (κ1) is 11.4. The number of halogens is 1. The third-order valence-corrected chi connectivity index (χ3v) is 2.84. The number of hydrogen-bond acceptors (Lipinski definition) is 3. The average Bonchev–Trinajstić information content (AvgIpc) is 2.76. The molecule has 6 nitrogen and oxygen atoms in total. The first-order chi connectivity index (χ1) is 9.06. The number of rotatable bonds is 1. The lowest BCUT2D eigenvalue weighted by Gasteiger charge is -2.01. The SMILES string of the molecule is Cc1cccc(-c2nc3[nH]c(=O)[nH]c(=O)c3[nH]2)c1F. The molecule has 0 unspecified atom stereocenters. The summed E-state index contributed by atoms with van der Waals surface area (Å²) in [6.45, 7) is 1.64. The standard InChI is InChI=1S/C12H9FN4O2/c1-5-3-2-4-6(7(5)13)9-14-8-10(15-9)16-12(19)17-11(8)18/h2-4H,1H3,(H3,14,15,16,17,18,19). The van der Waals surface area contributed by atoms with Crippen LogP contribution in [0.4, 0.5) is 4.39 Å². The Morgan fingerprint density at radius 2 is 1.95 bits per heavy atom. The predicted octanol–water partition coefficient (Wildman–Crippen LogP) is 1.05. The molecule has 2 aromatic heterocycles. The highest BCUT2D eigenvalue weighted by Crippen LogP contribution is 2.22. The molecule has 19 heavy (non-hydrogen) atoms. The molecule has 0 fully saturated rings. The molecule has 0 aliphatic carbocycles. The summed E-state index contributed by atoms with van der Waals surface area (Å²) in [6.07, 6.45) is 0. The Labute approximate surface area is 105 Å². The van der Waals surface area contributed by atoms with Gasteiger partial charge in [-0.3, -0.25) is 14.8 Å². The van der Waals surface area contributed by atoms with E-state index in [9.17, 15) is 14.0 Å². The molecule has 0 atom stereocenters. The normalized spacial score (nSPS) is 11.1. The fourth-order valence-electron chi connectivity index (χ4n) is 1.89. The van der Waals surface area contributed by atoms with E-state index in [1.807, 2.05) is 0 Å². The average molecular weight is 260 g/mol. The molecule has 0 amide bonds. The number of H-pyrrole nitrogens is 3. The second-order valence-electron chi connectivity index (χ2n) is 4.15. The quantitative estimate of drug-likeness (QED) is 0.610. The summed E-state index contributed by atoms with van der Waals surface area (Å²) >= 11 is 0. The van der Waals surface area contributed by atoms with Crippen LogP contribution in [0.5, 0.6) is 0 Å². The number of fused-ring (bicyclic) bond motifs is 1. The zero-order chi connectivity index (χ0) is 13.6. The molecule has 0 saturated heterocycles. The first-order valence-electron chi connectivity index (χ1n) is 5.54. The number of nitrogens with one attached hydrogen (secondary N) is 3. The van der Waals surface area contributed by atoms with Crippen LogP contribution >= 0.6 is 0 Å². The summed E-state index contributed by atoms with van der Waals surface area (Å²) in [5.74, 6) is -0.219. The fourth-order valence-corrected chi connectivity index (χ4v) is 1.89. The van der Waals surface area contributed by atoms with Gasteiger partial charge in [-0.1, -0.05) is 12.1 Å². The Bertz CT molecular complexity index is 891. The third kappa shape index (κ3) is 1.75. The topological polar surface area (TPSA) is 94.4 Å². The highest BCUT2D eigenvalue weighted by molar-refractivity contribution is 5.74. The zero-order valence-electron chi connectivity index (χ0n) is 9.87. The number of aryl methyl sites for hydroxylation is 1. The van der Waals surface area contributed by atoms with E-state index in [2.05, 4.69) is 19.9 Å². The maximum Gasteiger partial charge on any atom is 0.327 e. The van der Waals surface area contributed by atoms with Crippen molar-refractivity contribution in [3.05, 3.63) is 50.4 Å². The van der Waals surface area contributed by atoms with Gasteiger partial charge in [0.15, 0.2) is 5.65 Å². The van der Waals surface area contributed by atoms with E-state index < -0.39 is 17.1 Å². The van der Waals surface area contributed by atoms with Crippen LogP contribution in [0.25, 0.3) is 22.6 Å². The summed E-state index contributed by atoms with van der Waals surface area (Å²) in [4.78, 5) is 33.9. The van der Waals surface area contributed by atoms with Crippen molar-refractivity contribution in [2.75, 3.05) is 0 Å². The van der Waals surface area contributed by atoms with E-state index in [-0.39, 0.29) is 22.6 Å². The number of benzene rings is 1. The van der Waals surface area contributed by atoms with Crippen LogP contribution in [0.1, 0.15) is 5.56 Å². The fraction of sp³-hybridized carbons (Fsp3) is 0.0833. The lowest BCUT2D eigenvalue weighted by Crippen LogP contribution is -2.21. The molecule has 2 heterocycles. The second-order valence-corrected chi connectivity index (χ2v) is 4.15. The summed E-state index contributed by atoms with van der Waals surface area (Å²) in [6, 6.07) is 4.87. The van der Waals surface area contributed by atoms with Crippen molar-refractivity contribution in [1.82, 2.24) is 19.9 Å². The molecular weight excluding hydrogens is 251 g/mol. The van der Waals surface area contributed by atoms with Crippen LogP contribution < -0.4 is 11.2 Å². The summed E-state index contributed by atoms with van der Waals surface area (Å²) < 4.78 is 14.0. The summed E-state index contributed by atoms with van der Waals surface area (Å²) in [7, 11) is 0. The van der Waals surface area contributed by atoms with E-state index in [1.165, 1.54) is 0 Å². The number of aromatic amines is 3. The Hall–Kier alpha value is -2.70. The van der Waals surface area contributed by atoms with Gasteiger partial charge < -0.3 is 4.98 Å². The predicted molar refractivity (Wildman–Crippen MR) is 67.5 cm³/mol. The van der Waals surface area contributed by atoms with Crippen molar-refractivity contribution in [2.24, 2.45) is 0 Å². The monoisotopic (exact) mass is 260 g/mol. The van der Waals surface area contributed by atoms with E-state index in [0.717, 1.165) is 0 Å². The molecule has 0 aliphatic heterocycles. The molecular formula is C12H9FN4O2. The molecule has 0 bridgehead atoms. The maximum atomic E-state index is 14.0. The number of imidazole rings is 1. The number of aromatic nitrogens is 4. The van der Waals surface area contributed by atoms with Gasteiger partial charge in [0.25, 0.3) is 5.56 Å². The molecule has 0 radical (unpaired) electrons. The van der Waals surface area contributed by atoms with Crippen LogP contribution in [0.3, 0.4) is 0 Å². The molecule has 0 aliphatic rings. The van der Waals surface area contributed by atoms with Crippen molar-refractivity contribution >= 4 is 11.2 Å². The van der Waals surface area contributed by atoms with Crippen molar-refractivity contribution in [2.45, 2.75) is 6.92 Å². The van der Waals surface area contributed by atoms with Crippen LogP contribution in [-0.4, -0.2) is 19.9 Å². The molecule has 3 rings (SSSR count). The maximum absolute atomic E-state index is 14.0. The molecule has 96 valence electrons. The van der Waals surface area contributed by atoms with E-state index >= 15 is 0 Å². The Morgan fingerprint density at radius 3 is 2.74 bits per heavy atom. The lowest BCUT2D eigenvalue weighted by molar-refractivity contribution is 0.621. The van der Waals surface area contributed by atoms with E-state index in [4.69, 9.17) is 0 Å². The minimum atomic E-state index is -0.653. The molecule has 0 saturated carbocycles. The van der Waals surface area contributed by atoms with Gasteiger partial charge in [-0.2, -0.15) is 0 Å².